The number of amides is 1. The van der Waals surface area contributed by atoms with E-state index in [1.165, 1.54) is 0 Å². The molecule has 0 fully saturated rings. The third-order valence-corrected chi connectivity index (χ3v) is 3.93. The summed E-state index contributed by atoms with van der Waals surface area (Å²) in [5.41, 5.74) is 1.04. The number of carbonyl (C=O) groups is 1. The second-order valence-electron chi connectivity index (χ2n) is 5.79. The Bertz CT molecular complexity index is 800. The molecule has 0 aliphatic rings. The minimum Gasteiger partial charge on any atom is -0.490 e. The number of thiocarbonyl (C=S) groups is 1. The second kappa shape index (κ2) is 12.7. The van der Waals surface area contributed by atoms with Crippen molar-refractivity contribution in [2.24, 2.45) is 0 Å². The van der Waals surface area contributed by atoms with Crippen molar-refractivity contribution in [3.05, 3.63) is 54.1 Å². The second-order valence-corrected chi connectivity index (χ2v) is 6.20. The molecule has 0 spiro atoms. The fraction of sp³-hybridized carbons (Fsp3) is 0.333. The maximum Gasteiger partial charge on any atom is 0.261 e. The van der Waals surface area contributed by atoms with Gasteiger partial charge in [0.25, 0.3) is 5.91 Å². The van der Waals surface area contributed by atoms with Crippen LogP contribution in [-0.4, -0.2) is 51.2 Å². The fourth-order valence-corrected chi connectivity index (χ4v) is 2.59. The lowest BCUT2D eigenvalue weighted by molar-refractivity contribution is 0.0970. The van der Waals surface area contributed by atoms with Crippen LogP contribution < -0.4 is 20.1 Å². The molecule has 0 bridgehead atoms. The Hall–Kier alpha value is -2.68. The maximum absolute atomic E-state index is 12.6. The van der Waals surface area contributed by atoms with Crippen LogP contribution in [0.1, 0.15) is 17.3 Å². The summed E-state index contributed by atoms with van der Waals surface area (Å²) >= 11 is 5.29. The Kier molecular flexibility index (Phi) is 9.91. The van der Waals surface area contributed by atoms with Crippen molar-refractivity contribution in [2.75, 3.05) is 45.5 Å². The molecule has 156 valence electrons. The molecular formula is C21H26N2O5S. The summed E-state index contributed by atoms with van der Waals surface area (Å²) < 4.78 is 21.6. The number of benzene rings is 2. The number of nitrogens with one attached hydrogen (secondary N) is 2. The fourth-order valence-electron chi connectivity index (χ4n) is 2.39. The zero-order chi connectivity index (χ0) is 20.9. The van der Waals surface area contributed by atoms with Crippen LogP contribution in [-0.2, 0) is 9.47 Å². The summed E-state index contributed by atoms with van der Waals surface area (Å²) in [6, 6.07) is 14.3. The smallest absolute Gasteiger partial charge is 0.261 e. The third-order valence-electron chi connectivity index (χ3n) is 3.73. The lowest BCUT2D eigenvalue weighted by Crippen LogP contribution is -2.34. The standard InChI is InChI=1S/C21H26N2O5S/c1-3-26-13-15-28-19-11-7-5-9-17(19)22-21(29)23-20(24)16-8-4-6-10-18(16)27-14-12-25-2/h4-11H,3,12-15H2,1-2H3,(H2,22,23,24,29). The van der Waals surface area contributed by atoms with Crippen LogP contribution in [0.2, 0.25) is 0 Å². The van der Waals surface area contributed by atoms with E-state index in [2.05, 4.69) is 10.6 Å². The molecule has 0 unspecified atom stereocenters. The molecule has 0 aliphatic carbocycles. The number of hydrogen-bond donors (Lipinski definition) is 2. The van der Waals surface area contributed by atoms with Crippen LogP contribution in [0.25, 0.3) is 0 Å². The van der Waals surface area contributed by atoms with E-state index in [0.29, 0.717) is 55.8 Å². The summed E-state index contributed by atoms with van der Waals surface area (Å²) in [6.07, 6.45) is 0. The summed E-state index contributed by atoms with van der Waals surface area (Å²) in [6.45, 7) is 4.24. The number of para-hydroxylation sites is 3. The molecule has 0 saturated carbocycles. The Morgan fingerprint density at radius 1 is 0.931 bits per heavy atom. The predicted octanol–water partition coefficient (Wildman–Crippen LogP) is 3.25. The topological polar surface area (TPSA) is 78.1 Å². The monoisotopic (exact) mass is 418 g/mol. The summed E-state index contributed by atoms with van der Waals surface area (Å²) in [5.74, 6) is 0.710. The normalized spacial score (nSPS) is 10.3. The van der Waals surface area contributed by atoms with Crippen LogP contribution in [0, 0.1) is 0 Å². The van der Waals surface area contributed by atoms with Crippen molar-refractivity contribution in [1.82, 2.24) is 5.32 Å². The van der Waals surface area contributed by atoms with E-state index in [9.17, 15) is 4.79 Å². The number of methoxy groups -OCH3 is 1. The van der Waals surface area contributed by atoms with Gasteiger partial charge in [0.15, 0.2) is 5.11 Å². The number of hydrogen-bond acceptors (Lipinski definition) is 6. The first-order chi connectivity index (χ1) is 14.2. The van der Waals surface area contributed by atoms with E-state index in [1.54, 1.807) is 31.4 Å². The highest BCUT2D eigenvalue weighted by Crippen LogP contribution is 2.24. The first kappa shape index (κ1) is 22.6. The molecule has 0 heterocycles. The Labute approximate surface area is 176 Å². The van der Waals surface area contributed by atoms with Crippen LogP contribution in [0.15, 0.2) is 48.5 Å². The summed E-state index contributed by atoms with van der Waals surface area (Å²) in [7, 11) is 1.59. The minimum atomic E-state index is -0.370. The van der Waals surface area contributed by atoms with Crippen molar-refractivity contribution >= 4 is 28.9 Å². The minimum absolute atomic E-state index is 0.155. The van der Waals surface area contributed by atoms with Gasteiger partial charge in [-0.15, -0.1) is 0 Å². The van der Waals surface area contributed by atoms with Crippen molar-refractivity contribution in [2.45, 2.75) is 6.92 Å². The van der Waals surface area contributed by atoms with Crippen LogP contribution in [0.4, 0.5) is 5.69 Å². The van der Waals surface area contributed by atoms with E-state index in [0.717, 1.165) is 0 Å². The highest BCUT2D eigenvalue weighted by molar-refractivity contribution is 7.80. The molecule has 2 aromatic carbocycles. The van der Waals surface area contributed by atoms with E-state index in [1.807, 2.05) is 31.2 Å². The van der Waals surface area contributed by atoms with Gasteiger partial charge in [-0.2, -0.15) is 0 Å². The Morgan fingerprint density at radius 3 is 2.34 bits per heavy atom. The molecule has 2 aromatic rings. The molecule has 2 N–H and O–H groups in total. The van der Waals surface area contributed by atoms with Crippen LogP contribution in [0.3, 0.4) is 0 Å². The molecule has 0 radical (unpaired) electrons. The zero-order valence-corrected chi connectivity index (χ0v) is 17.4. The lowest BCUT2D eigenvalue weighted by atomic mass is 10.2. The van der Waals surface area contributed by atoms with E-state index < -0.39 is 0 Å². The molecule has 2 rings (SSSR count). The largest absolute Gasteiger partial charge is 0.490 e. The molecular weight excluding hydrogens is 392 g/mol. The molecule has 0 aliphatic heterocycles. The van der Waals surface area contributed by atoms with Gasteiger partial charge in [-0.05, 0) is 43.4 Å². The van der Waals surface area contributed by atoms with E-state index in [4.69, 9.17) is 31.2 Å². The predicted molar refractivity (Wildman–Crippen MR) is 116 cm³/mol. The average molecular weight is 419 g/mol. The molecule has 7 nitrogen and oxygen atoms in total. The van der Waals surface area contributed by atoms with Gasteiger partial charge in [0.2, 0.25) is 0 Å². The van der Waals surface area contributed by atoms with Gasteiger partial charge in [-0.1, -0.05) is 24.3 Å². The zero-order valence-electron chi connectivity index (χ0n) is 16.6. The van der Waals surface area contributed by atoms with Gasteiger partial charge in [-0.3, -0.25) is 10.1 Å². The third kappa shape index (κ3) is 7.69. The Balaban J connectivity index is 1.97. The maximum atomic E-state index is 12.6. The molecule has 29 heavy (non-hydrogen) atoms. The average Bonchev–Trinajstić information content (AvgIpc) is 2.73. The lowest BCUT2D eigenvalue weighted by Gasteiger charge is -2.15. The van der Waals surface area contributed by atoms with E-state index in [-0.39, 0.29) is 11.0 Å². The molecule has 0 saturated heterocycles. The van der Waals surface area contributed by atoms with Gasteiger partial charge in [0.05, 0.1) is 24.5 Å². The number of ether oxygens (including phenoxy) is 4. The van der Waals surface area contributed by atoms with Crippen molar-refractivity contribution in [1.29, 1.82) is 0 Å². The molecule has 0 aromatic heterocycles. The number of carbonyl (C=O) groups excluding carboxylic acids is 1. The highest BCUT2D eigenvalue weighted by atomic mass is 32.1. The first-order valence-electron chi connectivity index (χ1n) is 9.28. The molecule has 0 atom stereocenters. The summed E-state index contributed by atoms with van der Waals surface area (Å²) in [4.78, 5) is 12.6. The van der Waals surface area contributed by atoms with Gasteiger partial charge < -0.3 is 24.3 Å². The van der Waals surface area contributed by atoms with Gasteiger partial charge in [0, 0.05) is 13.7 Å². The first-order valence-corrected chi connectivity index (χ1v) is 9.69. The summed E-state index contributed by atoms with van der Waals surface area (Å²) in [5, 5.41) is 5.82. The Morgan fingerprint density at radius 2 is 1.59 bits per heavy atom. The van der Waals surface area contributed by atoms with E-state index >= 15 is 0 Å². The van der Waals surface area contributed by atoms with Crippen LogP contribution >= 0.6 is 12.2 Å². The van der Waals surface area contributed by atoms with Gasteiger partial charge in [-0.25, -0.2) is 0 Å². The quantitative estimate of drug-likeness (QED) is 0.428. The number of rotatable bonds is 11. The van der Waals surface area contributed by atoms with Crippen molar-refractivity contribution in [3.8, 4) is 11.5 Å². The van der Waals surface area contributed by atoms with Crippen molar-refractivity contribution in [3.63, 3.8) is 0 Å². The highest BCUT2D eigenvalue weighted by Gasteiger charge is 2.14. The molecule has 8 heteroatoms. The number of anilines is 1. The van der Waals surface area contributed by atoms with Gasteiger partial charge in [0.1, 0.15) is 24.7 Å². The van der Waals surface area contributed by atoms with Crippen molar-refractivity contribution < 1.29 is 23.7 Å². The SMILES string of the molecule is CCOCCOc1ccccc1NC(=S)NC(=O)c1ccccc1OCCOC. The van der Waals surface area contributed by atoms with Crippen LogP contribution in [0.5, 0.6) is 11.5 Å². The molecule has 1 amide bonds. The van der Waals surface area contributed by atoms with Gasteiger partial charge >= 0.3 is 0 Å².